The van der Waals surface area contributed by atoms with Gasteiger partial charge in [0.05, 0.1) is 11.1 Å². The highest BCUT2D eigenvalue weighted by Crippen LogP contribution is 2.32. The number of phenols is 1. The molecule has 0 atom stereocenters. The monoisotopic (exact) mass is 394 g/mol. The van der Waals surface area contributed by atoms with Crippen molar-refractivity contribution >= 4 is 16.8 Å². The maximum Gasteiger partial charge on any atom is 0.258 e. The van der Waals surface area contributed by atoms with Gasteiger partial charge in [0, 0.05) is 36.8 Å². The van der Waals surface area contributed by atoms with Gasteiger partial charge in [-0.3, -0.25) is 9.89 Å². The number of benzene rings is 2. The molecular weight excluding hydrogens is 368 g/mol. The third kappa shape index (κ3) is 3.78. The zero-order chi connectivity index (χ0) is 20.4. The van der Waals surface area contributed by atoms with Crippen molar-refractivity contribution in [1.82, 2.24) is 20.4 Å². The molecule has 3 N–H and O–H groups in total. The molecule has 7 heteroatoms. The van der Waals surface area contributed by atoms with Crippen LogP contribution in [-0.2, 0) is 19.5 Å². The Kier molecular flexibility index (Phi) is 5.40. The fourth-order valence-corrected chi connectivity index (χ4v) is 3.76. The molecule has 0 saturated heterocycles. The molecule has 152 valence electrons. The summed E-state index contributed by atoms with van der Waals surface area (Å²) in [4.78, 5) is 14.9. The van der Waals surface area contributed by atoms with Gasteiger partial charge in [0.1, 0.15) is 18.1 Å². The summed E-state index contributed by atoms with van der Waals surface area (Å²) in [7, 11) is 1.89. The molecule has 1 aliphatic heterocycles. The van der Waals surface area contributed by atoms with Gasteiger partial charge in [0.15, 0.2) is 0 Å². The van der Waals surface area contributed by atoms with E-state index in [4.69, 9.17) is 4.74 Å². The van der Waals surface area contributed by atoms with Crippen LogP contribution in [0.1, 0.15) is 40.5 Å². The third-order valence-corrected chi connectivity index (χ3v) is 5.29. The Morgan fingerprint density at radius 1 is 1.28 bits per heavy atom. The van der Waals surface area contributed by atoms with E-state index in [0.717, 1.165) is 47.3 Å². The number of aromatic hydroxyl groups is 1. The van der Waals surface area contributed by atoms with Crippen molar-refractivity contribution in [1.29, 1.82) is 0 Å². The number of fused-ring (bicyclic) bond motifs is 2. The molecule has 1 aliphatic rings. The Balaban J connectivity index is 1.55. The lowest BCUT2D eigenvalue weighted by Crippen LogP contribution is -2.25. The van der Waals surface area contributed by atoms with Gasteiger partial charge in [-0.15, -0.1) is 0 Å². The van der Waals surface area contributed by atoms with Crippen molar-refractivity contribution in [2.24, 2.45) is 0 Å². The van der Waals surface area contributed by atoms with Gasteiger partial charge in [0.2, 0.25) is 0 Å². The number of hydrogen-bond acceptors (Lipinski definition) is 5. The van der Waals surface area contributed by atoms with Crippen molar-refractivity contribution in [2.75, 3.05) is 20.2 Å². The van der Waals surface area contributed by atoms with Crippen LogP contribution in [-0.4, -0.2) is 46.3 Å². The number of nitrogens with zero attached hydrogens (tertiary/aromatic N) is 2. The number of nitrogens with one attached hydrogen (secondary N) is 2. The molecule has 2 aromatic carbocycles. The number of ether oxygens (including phenoxy) is 1. The van der Waals surface area contributed by atoms with E-state index in [1.165, 1.54) is 0 Å². The van der Waals surface area contributed by atoms with Crippen LogP contribution in [0.15, 0.2) is 30.3 Å². The van der Waals surface area contributed by atoms with Gasteiger partial charge < -0.3 is 20.1 Å². The molecule has 0 saturated carbocycles. The molecule has 0 aliphatic carbocycles. The van der Waals surface area contributed by atoms with Crippen LogP contribution < -0.4 is 10.1 Å². The zero-order valence-electron chi connectivity index (χ0n) is 16.8. The summed E-state index contributed by atoms with van der Waals surface area (Å²) in [6, 6.07) is 9.27. The molecule has 4 rings (SSSR count). The SMILES string of the molecule is CCCc1[nH]nc2cc(O)c(C(=O)N3Cc4ccc(OCCNC)cc4C3)cc12. The largest absolute Gasteiger partial charge is 0.507 e. The summed E-state index contributed by atoms with van der Waals surface area (Å²) in [5.41, 5.74) is 4.17. The Labute approximate surface area is 169 Å². The van der Waals surface area contributed by atoms with E-state index in [1.54, 1.807) is 17.0 Å². The summed E-state index contributed by atoms with van der Waals surface area (Å²) in [5, 5.41) is 21.6. The first-order valence-corrected chi connectivity index (χ1v) is 9.99. The molecule has 0 radical (unpaired) electrons. The van der Waals surface area contributed by atoms with Gasteiger partial charge in [-0.05, 0) is 42.8 Å². The Bertz CT molecular complexity index is 1040. The number of likely N-dealkylation sites (N-methyl/N-ethyl adjacent to an activating group) is 1. The topological polar surface area (TPSA) is 90.5 Å². The van der Waals surface area contributed by atoms with Crippen LogP contribution in [0.4, 0.5) is 0 Å². The smallest absolute Gasteiger partial charge is 0.258 e. The van der Waals surface area contributed by atoms with Crippen LogP contribution in [0, 0.1) is 0 Å². The second-order valence-corrected chi connectivity index (χ2v) is 7.38. The Hall–Kier alpha value is -3.06. The van der Waals surface area contributed by atoms with Crippen LogP contribution >= 0.6 is 0 Å². The number of carbonyl (C=O) groups is 1. The normalized spacial score (nSPS) is 13.1. The number of aromatic nitrogens is 2. The first-order valence-electron chi connectivity index (χ1n) is 9.99. The number of aromatic amines is 1. The number of rotatable bonds is 7. The first-order chi connectivity index (χ1) is 14.1. The Morgan fingerprint density at radius 2 is 2.10 bits per heavy atom. The van der Waals surface area contributed by atoms with E-state index < -0.39 is 0 Å². The number of H-pyrrole nitrogens is 1. The molecular formula is C22H26N4O3. The Morgan fingerprint density at radius 3 is 2.90 bits per heavy atom. The first kappa shape index (κ1) is 19.3. The number of hydrogen-bond donors (Lipinski definition) is 3. The van der Waals surface area contributed by atoms with E-state index in [-0.39, 0.29) is 11.7 Å². The minimum Gasteiger partial charge on any atom is -0.507 e. The molecule has 0 bridgehead atoms. The van der Waals surface area contributed by atoms with Crippen molar-refractivity contribution < 1.29 is 14.6 Å². The van der Waals surface area contributed by atoms with Gasteiger partial charge in [0.25, 0.3) is 5.91 Å². The molecule has 0 fully saturated rings. The number of carbonyl (C=O) groups excluding carboxylic acids is 1. The lowest BCUT2D eigenvalue weighted by atomic mass is 10.1. The van der Waals surface area contributed by atoms with Crippen molar-refractivity contribution in [3.63, 3.8) is 0 Å². The third-order valence-electron chi connectivity index (χ3n) is 5.29. The van der Waals surface area contributed by atoms with Crippen molar-refractivity contribution in [2.45, 2.75) is 32.9 Å². The molecule has 2 heterocycles. The standard InChI is InChI=1S/C22H26N4O3/c1-3-4-19-17-10-18(21(27)11-20(17)25-24-19)22(28)26-12-14-5-6-16(9-15(14)13-26)29-8-7-23-2/h5-6,9-11,23,27H,3-4,7-8,12-13H2,1-2H3,(H,24,25). The predicted molar refractivity (Wildman–Crippen MR) is 111 cm³/mol. The summed E-state index contributed by atoms with van der Waals surface area (Å²) in [6.07, 6.45) is 1.82. The summed E-state index contributed by atoms with van der Waals surface area (Å²) in [6.45, 7) is 4.49. The quantitative estimate of drug-likeness (QED) is 0.536. The van der Waals surface area contributed by atoms with Crippen molar-refractivity contribution in [3.05, 3.63) is 52.7 Å². The second-order valence-electron chi connectivity index (χ2n) is 7.38. The highest BCUT2D eigenvalue weighted by Gasteiger charge is 2.27. The van der Waals surface area contributed by atoms with E-state index in [0.29, 0.717) is 30.8 Å². The van der Waals surface area contributed by atoms with E-state index in [2.05, 4.69) is 22.4 Å². The number of phenolic OH excluding ortho intramolecular Hbond substituents is 1. The predicted octanol–water partition coefficient (Wildman–Crippen LogP) is 2.98. The average molecular weight is 394 g/mol. The maximum atomic E-state index is 13.2. The molecule has 0 unspecified atom stereocenters. The molecule has 1 amide bonds. The number of amides is 1. The van der Waals surface area contributed by atoms with E-state index in [9.17, 15) is 9.90 Å². The summed E-state index contributed by atoms with van der Waals surface area (Å²) >= 11 is 0. The van der Waals surface area contributed by atoms with E-state index in [1.807, 2.05) is 25.2 Å². The van der Waals surface area contributed by atoms with Gasteiger partial charge >= 0.3 is 0 Å². The minimum absolute atomic E-state index is 0.0379. The van der Waals surface area contributed by atoms with Crippen LogP contribution in [0.25, 0.3) is 10.9 Å². The van der Waals surface area contributed by atoms with Gasteiger partial charge in [-0.2, -0.15) is 5.10 Å². The lowest BCUT2D eigenvalue weighted by molar-refractivity contribution is 0.0748. The van der Waals surface area contributed by atoms with Gasteiger partial charge in [-0.1, -0.05) is 19.4 Å². The fourth-order valence-electron chi connectivity index (χ4n) is 3.76. The molecule has 29 heavy (non-hydrogen) atoms. The van der Waals surface area contributed by atoms with Crippen LogP contribution in [0.2, 0.25) is 0 Å². The molecule has 3 aromatic rings. The fraction of sp³-hybridized carbons (Fsp3) is 0.364. The minimum atomic E-state index is -0.179. The van der Waals surface area contributed by atoms with Gasteiger partial charge in [-0.25, -0.2) is 0 Å². The highest BCUT2D eigenvalue weighted by molar-refractivity contribution is 6.01. The molecule has 1 aromatic heterocycles. The maximum absolute atomic E-state index is 13.2. The average Bonchev–Trinajstić information content (AvgIpc) is 3.31. The van der Waals surface area contributed by atoms with E-state index >= 15 is 0 Å². The van der Waals surface area contributed by atoms with Crippen molar-refractivity contribution in [3.8, 4) is 11.5 Å². The van der Waals surface area contributed by atoms with Crippen LogP contribution in [0.5, 0.6) is 11.5 Å². The zero-order valence-corrected chi connectivity index (χ0v) is 16.8. The summed E-state index contributed by atoms with van der Waals surface area (Å²) < 4.78 is 5.73. The highest BCUT2D eigenvalue weighted by atomic mass is 16.5. The van der Waals surface area contributed by atoms with Crippen LogP contribution in [0.3, 0.4) is 0 Å². The molecule has 0 spiro atoms. The summed E-state index contributed by atoms with van der Waals surface area (Å²) in [5.74, 6) is 0.589. The molecule has 7 nitrogen and oxygen atoms in total. The second kappa shape index (κ2) is 8.13. The number of aryl methyl sites for hydroxylation is 1. The lowest BCUT2D eigenvalue weighted by Gasteiger charge is -2.16.